The lowest BCUT2D eigenvalue weighted by molar-refractivity contribution is -0.143. The summed E-state index contributed by atoms with van der Waals surface area (Å²) >= 11 is 0. The van der Waals surface area contributed by atoms with Crippen LogP contribution in [0, 0.1) is 0 Å². The van der Waals surface area contributed by atoms with Crippen LogP contribution in [0.2, 0.25) is 0 Å². The molecule has 0 radical (unpaired) electrons. The first-order chi connectivity index (χ1) is 14.5. The number of amides is 1. The molecule has 0 saturated carbocycles. The van der Waals surface area contributed by atoms with Gasteiger partial charge >= 0.3 is 18.4 Å². The molecule has 1 aromatic rings. The van der Waals surface area contributed by atoms with Gasteiger partial charge in [0.15, 0.2) is 0 Å². The van der Waals surface area contributed by atoms with Crippen molar-refractivity contribution in [3.8, 4) is 0 Å². The van der Waals surface area contributed by atoms with Crippen LogP contribution in [0.15, 0.2) is 18.2 Å². The van der Waals surface area contributed by atoms with E-state index in [4.69, 9.17) is 4.74 Å². The van der Waals surface area contributed by atoms with E-state index in [-0.39, 0.29) is 54.1 Å². The van der Waals surface area contributed by atoms with Crippen molar-refractivity contribution in [2.24, 2.45) is 0 Å². The summed E-state index contributed by atoms with van der Waals surface area (Å²) in [4.78, 5) is 13.7. The molecule has 2 atom stereocenters. The molecule has 1 fully saturated rings. The Kier molecular flexibility index (Phi) is 14.8. The lowest BCUT2D eigenvalue weighted by atomic mass is 9.95. The smallest absolute Gasteiger partial charge is 0.416 e. The second kappa shape index (κ2) is 14.6. The summed E-state index contributed by atoms with van der Waals surface area (Å²) in [6.07, 6.45) is -3.60. The van der Waals surface area contributed by atoms with Crippen LogP contribution >= 0.6 is 12.4 Å². The Bertz CT molecular complexity index is 713. The van der Waals surface area contributed by atoms with E-state index < -0.39 is 35.6 Å². The van der Waals surface area contributed by atoms with E-state index in [0.717, 1.165) is 38.5 Å². The van der Waals surface area contributed by atoms with Gasteiger partial charge < -0.3 is 15.7 Å². The lowest BCUT2D eigenvalue weighted by Crippen LogP contribution is -2.37. The number of nitrogens with zero attached hydrogens (tertiary/aromatic N) is 1. The molecule has 0 spiro atoms. The van der Waals surface area contributed by atoms with Crippen LogP contribution in [0.3, 0.4) is 0 Å². The zero-order valence-corrected chi connectivity index (χ0v) is 20.0. The fourth-order valence-corrected chi connectivity index (χ4v) is 4.00. The monoisotopic (exact) mass is 525 g/mol. The summed E-state index contributed by atoms with van der Waals surface area (Å²) in [6, 6.07) is 0.218. The minimum Gasteiger partial charge on any atom is -0.447 e. The molecule has 1 amide bonds. The number of halogens is 7. The number of alkyl halides is 6. The zero-order valence-electron chi connectivity index (χ0n) is 19.2. The number of ether oxygens (including phenoxy) is 1. The van der Waals surface area contributed by atoms with E-state index in [2.05, 4.69) is 6.92 Å². The van der Waals surface area contributed by atoms with Gasteiger partial charge in [0, 0.05) is 0 Å². The third-order valence-corrected chi connectivity index (χ3v) is 5.61. The highest BCUT2D eigenvalue weighted by atomic mass is 35.5. The maximum absolute atomic E-state index is 13.3. The van der Waals surface area contributed by atoms with Crippen molar-refractivity contribution in [3.05, 3.63) is 34.9 Å². The molecule has 2 unspecified atom stereocenters. The number of hydrogen-bond acceptors (Lipinski definition) is 2. The predicted octanol–water partition coefficient (Wildman–Crippen LogP) is 6.52. The summed E-state index contributed by atoms with van der Waals surface area (Å²) in [6.45, 7) is 3.84. The van der Waals surface area contributed by atoms with Crippen molar-refractivity contribution < 1.29 is 46.8 Å². The Labute approximate surface area is 201 Å². The van der Waals surface area contributed by atoms with Crippen molar-refractivity contribution in [3.63, 3.8) is 0 Å². The van der Waals surface area contributed by atoms with Gasteiger partial charge in [0.2, 0.25) is 0 Å². The summed E-state index contributed by atoms with van der Waals surface area (Å²) in [5, 5.41) is 0. The molecule has 0 aromatic heterocycles. The van der Waals surface area contributed by atoms with Crippen molar-refractivity contribution in [1.82, 2.24) is 4.90 Å². The van der Waals surface area contributed by atoms with Crippen molar-refractivity contribution in [2.45, 2.75) is 89.7 Å². The molecular weight excluding hydrogens is 492 g/mol. The van der Waals surface area contributed by atoms with Gasteiger partial charge in [-0.3, -0.25) is 4.90 Å². The Morgan fingerprint density at radius 3 is 1.88 bits per heavy atom. The molecule has 2 rings (SSSR count). The highest BCUT2D eigenvalue weighted by molar-refractivity contribution is 5.85. The largest absolute Gasteiger partial charge is 0.447 e. The van der Waals surface area contributed by atoms with Gasteiger partial charge in [0.1, 0.15) is 6.61 Å². The molecule has 1 aliphatic heterocycles. The van der Waals surface area contributed by atoms with Gasteiger partial charge in [-0.1, -0.05) is 52.4 Å². The molecule has 0 bridgehead atoms. The number of carbonyl (C=O) groups is 1. The van der Waals surface area contributed by atoms with Crippen molar-refractivity contribution >= 4 is 18.5 Å². The molecule has 1 aliphatic rings. The van der Waals surface area contributed by atoms with Crippen LogP contribution in [0.4, 0.5) is 31.1 Å². The fraction of sp³-hybridized carbons (Fsp3) is 0.682. The van der Waals surface area contributed by atoms with E-state index in [1.807, 2.05) is 0 Å². The van der Waals surface area contributed by atoms with Gasteiger partial charge in [-0.25, -0.2) is 4.79 Å². The fourth-order valence-electron chi connectivity index (χ4n) is 4.00. The molecule has 1 aromatic carbocycles. The molecule has 4 N–H and O–H groups in total. The van der Waals surface area contributed by atoms with Gasteiger partial charge in [0.05, 0.1) is 23.2 Å². The van der Waals surface area contributed by atoms with Crippen LogP contribution in [0.25, 0.3) is 0 Å². The summed E-state index contributed by atoms with van der Waals surface area (Å²) < 4.78 is 84.6. The number of unbranched alkanes of at least 4 members (excludes halogenated alkanes) is 5. The number of hydrogen-bond donors (Lipinski definition) is 0. The number of cyclic esters (lactones) is 1. The highest BCUT2D eigenvalue weighted by Crippen LogP contribution is 2.40. The van der Waals surface area contributed by atoms with Crippen LogP contribution in [-0.2, 0) is 17.1 Å². The Morgan fingerprint density at radius 2 is 1.41 bits per heavy atom. The Balaban J connectivity index is 0. The highest BCUT2D eigenvalue weighted by Gasteiger charge is 2.41. The third kappa shape index (κ3) is 9.14. The van der Waals surface area contributed by atoms with Crippen LogP contribution in [0.1, 0.15) is 87.9 Å². The first-order valence-corrected chi connectivity index (χ1v) is 10.7. The molecular formula is C22H34ClF6NO4. The van der Waals surface area contributed by atoms with E-state index in [0.29, 0.717) is 18.6 Å². The van der Waals surface area contributed by atoms with Crippen LogP contribution < -0.4 is 0 Å². The molecule has 200 valence electrons. The minimum absolute atomic E-state index is 0. The van der Waals surface area contributed by atoms with Gasteiger partial charge in [-0.2, -0.15) is 26.3 Å². The van der Waals surface area contributed by atoms with Gasteiger partial charge in [-0.15, -0.1) is 12.4 Å². The summed E-state index contributed by atoms with van der Waals surface area (Å²) in [5.41, 5.74) is -2.94. The summed E-state index contributed by atoms with van der Waals surface area (Å²) in [7, 11) is 0. The maximum Gasteiger partial charge on any atom is 0.416 e. The average molecular weight is 526 g/mol. The predicted molar refractivity (Wildman–Crippen MR) is 119 cm³/mol. The second-order valence-electron chi connectivity index (χ2n) is 7.96. The van der Waals surface area contributed by atoms with E-state index >= 15 is 0 Å². The topological polar surface area (TPSA) is 92.5 Å². The first kappa shape index (κ1) is 34.4. The quantitative estimate of drug-likeness (QED) is 0.257. The van der Waals surface area contributed by atoms with Crippen molar-refractivity contribution in [2.75, 3.05) is 6.61 Å². The van der Waals surface area contributed by atoms with E-state index in [1.54, 1.807) is 6.92 Å². The number of carbonyl (C=O) groups excluding carboxylic acids is 1. The average Bonchev–Trinajstić information content (AvgIpc) is 3.04. The molecule has 1 saturated heterocycles. The lowest BCUT2D eigenvalue weighted by Gasteiger charge is -2.31. The van der Waals surface area contributed by atoms with Crippen LogP contribution in [0.5, 0.6) is 0 Å². The van der Waals surface area contributed by atoms with Gasteiger partial charge in [0.25, 0.3) is 0 Å². The molecule has 0 aliphatic carbocycles. The minimum atomic E-state index is -4.93. The van der Waals surface area contributed by atoms with E-state index in [9.17, 15) is 31.1 Å². The Hall–Kier alpha value is -1.72. The van der Waals surface area contributed by atoms with Crippen LogP contribution in [-0.4, -0.2) is 34.6 Å². The number of rotatable bonds is 10. The van der Waals surface area contributed by atoms with E-state index in [1.165, 1.54) is 4.90 Å². The molecule has 1 heterocycles. The normalized spacial score (nSPS) is 16.8. The zero-order chi connectivity index (χ0) is 23.2. The molecule has 34 heavy (non-hydrogen) atoms. The number of benzene rings is 1. The second-order valence-corrected chi connectivity index (χ2v) is 7.96. The van der Waals surface area contributed by atoms with Crippen molar-refractivity contribution in [1.29, 1.82) is 0 Å². The Morgan fingerprint density at radius 1 is 0.912 bits per heavy atom. The molecule has 5 nitrogen and oxygen atoms in total. The maximum atomic E-state index is 13.3. The first-order valence-electron chi connectivity index (χ1n) is 10.7. The SMILES string of the molecule is CCCCCCCCC1COC(=O)N1C(CC)c1cc(C(F)(F)F)cc(C(F)(F)F)c1.Cl.O.O. The molecule has 12 heteroatoms. The third-order valence-electron chi connectivity index (χ3n) is 5.61. The van der Waals surface area contributed by atoms with Gasteiger partial charge in [-0.05, 0) is 36.6 Å². The summed E-state index contributed by atoms with van der Waals surface area (Å²) in [5.74, 6) is 0. The standard InChI is InChI=1S/C22H29F6NO2.ClH.2H2O/c1-3-5-6-7-8-9-10-18-14-31-20(30)29(18)19(4-2)15-11-16(21(23,24)25)13-17(12-15)22(26,27)28;;;/h11-13,18-19H,3-10,14H2,1-2H3;1H;2*1H2.